The number of carboxylic acids is 1. The van der Waals surface area contributed by atoms with Gasteiger partial charge in [0.1, 0.15) is 23.3 Å². The Bertz CT molecular complexity index is 1400. The van der Waals surface area contributed by atoms with Crippen molar-refractivity contribution in [3.63, 3.8) is 0 Å². The Morgan fingerprint density at radius 1 is 0.868 bits per heavy atom. The van der Waals surface area contributed by atoms with Gasteiger partial charge in [-0.25, -0.2) is 4.79 Å². The maximum absolute atomic E-state index is 13.0. The third-order valence-electron chi connectivity index (χ3n) is 5.72. The fourth-order valence-corrected chi connectivity index (χ4v) is 4.30. The highest BCUT2D eigenvalue weighted by molar-refractivity contribution is 9.10. The molecular weight excluding hydrogens is 546 g/mol. The van der Waals surface area contributed by atoms with E-state index in [0.717, 1.165) is 28.2 Å². The molecule has 4 aromatic carbocycles. The fraction of sp³-hybridized carbons (Fsp3) is 0.161. The van der Waals surface area contributed by atoms with Crippen LogP contribution in [0.4, 0.5) is 0 Å². The third-order valence-corrected chi connectivity index (χ3v) is 6.21. The van der Waals surface area contributed by atoms with Crippen molar-refractivity contribution in [1.82, 2.24) is 5.32 Å². The number of carbonyl (C=O) groups excluding carboxylic acids is 1. The molecule has 0 radical (unpaired) electrons. The van der Waals surface area contributed by atoms with Crippen LogP contribution in [-0.2, 0) is 11.2 Å². The second-order valence-corrected chi connectivity index (χ2v) is 9.90. The first kappa shape index (κ1) is 26.9. The second kappa shape index (κ2) is 12.4. The van der Waals surface area contributed by atoms with Gasteiger partial charge >= 0.3 is 5.97 Å². The van der Waals surface area contributed by atoms with E-state index in [9.17, 15) is 14.7 Å². The number of benzene rings is 4. The molecule has 0 fully saturated rings. The number of halogens is 1. The summed E-state index contributed by atoms with van der Waals surface area (Å²) in [5.74, 6) is 0.216. The van der Waals surface area contributed by atoms with Crippen LogP contribution in [-0.4, -0.2) is 29.1 Å². The molecule has 0 bridgehead atoms. The first-order chi connectivity index (χ1) is 18.3. The average Bonchev–Trinajstić information content (AvgIpc) is 2.90. The molecule has 6 nitrogen and oxygen atoms in total. The number of hydrogen-bond acceptors (Lipinski definition) is 4. The molecule has 38 heavy (non-hydrogen) atoms. The Labute approximate surface area is 230 Å². The van der Waals surface area contributed by atoms with Crippen LogP contribution in [0.3, 0.4) is 0 Å². The normalized spacial score (nSPS) is 11.6. The van der Waals surface area contributed by atoms with Gasteiger partial charge in [-0.15, -0.1) is 0 Å². The third kappa shape index (κ3) is 7.01. The van der Waals surface area contributed by atoms with Crippen LogP contribution in [0.25, 0.3) is 11.1 Å². The van der Waals surface area contributed by atoms with E-state index < -0.39 is 17.9 Å². The largest absolute Gasteiger partial charge is 0.490 e. The Balaban J connectivity index is 1.50. The number of carboxylic acid groups (broad SMARTS) is 1. The summed E-state index contributed by atoms with van der Waals surface area (Å²) in [6.45, 7) is 3.72. The molecule has 4 aromatic rings. The van der Waals surface area contributed by atoms with Crippen molar-refractivity contribution in [2.45, 2.75) is 32.4 Å². The lowest BCUT2D eigenvalue weighted by atomic mass is 9.99. The molecule has 0 aliphatic carbocycles. The first-order valence-electron chi connectivity index (χ1n) is 12.2. The topological polar surface area (TPSA) is 84.9 Å². The molecule has 0 saturated carbocycles. The van der Waals surface area contributed by atoms with Gasteiger partial charge in [0.2, 0.25) is 0 Å². The predicted octanol–water partition coefficient (Wildman–Crippen LogP) is 7.12. The molecular formula is C31H28BrNO5. The molecule has 0 aromatic heterocycles. The summed E-state index contributed by atoms with van der Waals surface area (Å²) < 4.78 is 12.5. The summed E-state index contributed by atoms with van der Waals surface area (Å²) in [4.78, 5) is 25.1. The van der Waals surface area contributed by atoms with E-state index in [-0.39, 0.29) is 18.1 Å². The molecule has 0 saturated heterocycles. The van der Waals surface area contributed by atoms with Crippen LogP contribution in [0.2, 0.25) is 0 Å². The predicted molar refractivity (Wildman–Crippen MR) is 151 cm³/mol. The number of ether oxygens (including phenoxy) is 2. The van der Waals surface area contributed by atoms with E-state index in [0.29, 0.717) is 10.2 Å². The Kier molecular flexibility index (Phi) is 8.81. The average molecular weight is 574 g/mol. The monoisotopic (exact) mass is 573 g/mol. The van der Waals surface area contributed by atoms with E-state index in [1.54, 1.807) is 18.2 Å². The lowest BCUT2D eigenvalue weighted by molar-refractivity contribution is -0.139. The summed E-state index contributed by atoms with van der Waals surface area (Å²) in [6, 6.07) is 28.8. The summed E-state index contributed by atoms with van der Waals surface area (Å²) in [7, 11) is 0. The van der Waals surface area contributed by atoms with Crippen LogP contribution < -0.4 is 14.8 Å². The minimum atomic E-state index is -1.12. The second-order valence-electron chi connectivity index (χ2n) is 8.98. The highest BCUT2D eigenvalue weighted by Crippen LogP contribution is 2.33. The van der Waals surface area contributed by atoms with Crippen LogP contribution >= 0.6 is 15.9 Å². The lowest BCUT2D eigenvalue weighted by Crippen LogP contribution is -2.42. The van der Waals surface area contributed by atoms with Crippen LogP contribution in [0.15, 0.2) is 102 Å². The van der Waals surface area contributed by atoms with Gasteiger partial charge in [0.05, 0.1) is 11.7 Å². The van der Waals surface area contributed by atoms with Gasteiger partial charge in [0.25, 0.3) is 5.91 Å². The Morgan fingerprint density at radius 3 is 2.24 bits per heavy atom. The van der Waals surface area contributed by atoms with Gasteiger partial charge in [-0.1, -0.05) is 76.6 Å². The van der Waals surface area contributed by atoms with Crippen molar-refractivity contribution < 1.29 is 24.2 Å². The van der Waals surface area contributed by atoms with Crippen molar-refractivity contribution in [2.24, 2.45) is 0 Å². The van der Waals surface area contributed by atoms with Gasteiger partial charge in [-0.05, 0) is 61.4 Å². The number of aliphatic carboxylic acids is 1. The quantitative estimate of drug-likeness (QED) is 0.211. The van der Waals surface area contributed by atoms with Crippen molar-refractivity contribution in [2.75, 3.05) is 0 Å². The number of carbonyl (C=O) groups is 2. The minimum Gasteiger partial charge on any atom is -0.490 e. The molecule has 0 heterocycles. The van der Waals surface area contributed by atoms with Crippen molar-refractivity contribution >= 4 is 27.8 Å². The lowest BCUT2D eigenvalue weighted by Gasteiger charge is -2.18. The number of rotatable bonds is 10. The zero-order chi connectivity index (χ0) is 27.1. The molecule has 1 atom stereocenters. The molecule has 0 aliphatic rings. The fourth-order valence-electron chi connectivity index (χ4n) is 3.94. The molecule has 0 aliphatic heterocycles. The van der Waals surface area contributed by atoms with E-state index in [1.165, 1.54) is 0 Å². The molecule has 1 amide bonds. The Morgan fingerprint density at radius 2 is 1.55 bits per heavy atom. The van der Waals surface area contributed by atoms with Crippen molar-refractivity contribution in [1.29, 1.82) is 0 Å². The number of hydrogen-bond donors (Lipinski definition) is 2. The zero-order valence-electron chi connectivity index (χ0n) is 21.1. The van der Waals surface area contributed by atoms with Gasteiger partial charge < -0.3 is 19.9 Å². The van der Waals surface area contributed by atoms with Crippen LogP contribution in [0, 0.1) is 0 Å². The van der Waals surface area contributed by atoms with E-state index in [1.807, 2.05) is 92.7 Å². The zero-order valence-corrected chi connectivity index (χ0v) is 22.6. The van der Waals surface area contributed by atoms with Crippen LogP contribution in [0.1, 0.15) is 29.8 Å². The van der Waals surface area contributed by atoms with E-state index >= 15 is 0 Å². The number of amides is 1. The number of para-hydroxylation sites is 2. The van der Waals surface area contributed by atoms with E-state index in [2.05, 4.69) is 21.2 Å². The molecule has 194 valence electrons. The van der Waals surface area contributed by atoms with Gasteiger partial charge in [-0.2, -0.15) is 0 Å². The molecule has 0 spiro atoms. The maximum atomic E-state index is 13.0. The maximum Gasteiger partial charge on any atom is 0.326 e. The summed E-state index contributed by atoms with van der Waals surface area (Å²) >= 11 is 3.37. The first-order valence-corrected chi connectivity index (χ1v) is 13.0. The van der Waals surface area contributed by atoms with Crippen molar-refractivity contribution in [3.05, 3.63) is 113 Å². The van der Waals surface area contributed by atoms with Gasteiger partial charge in [0, 0.05) is 16.5 Å². The highest BCUT2D eigenvalue weighted by Gasteiger charge is 2.23. The standard InChI is InChI=1S/C31H28BrNO5/c1-20(2)37-29-17-16-23(32)19-26(29)30(34)33-27(31(35)36)18-21-12-14-22(15-13-21)25-10-6-7-11-28(25)38-24-8-4-3-5-9-24/h3-17,19-20,27H,18H2,1-2H3,(H,33,34)(H,35,36)/t27-/m0/s1. The minimum absolute atomic E-state index is 0.123. The molecule has 4 rings (SSSR count). The summed E-state index contributed by atoms with van der Waals surface area (Å²) in [6.07, 6.45) is -0.0162. The highest BCUT2D eigenvalue weighted by atomic mass is 79.9. The van der Waals surface area contributed by atoms with Gasteiger partial charge in [-0.3, -0.25) is 4.79 Å². The molecule has 7 heteroatoms. The Hall–Kier alpha value is -4.10. The SMILES string of the molecule is CC(C)Oc1ccc(Br)cc1C(=O)N[C@@H](Cc1ccc(-c2ccccc2Oc2ccccc2)cc1)C(=O)O. The molecule has 2 N–H and O–H groups in total. The molecule has 0 unspecified atom stereocenters. The summed E-state index contributed by atoms with van der Waals surface area (Å²) in [5.41, 5.74) is 2.89. The van der Waals surface area contributed by atoms with Crippen molar-refractivity contribution in [3.8, 4) is 28.4 Å². The number of nitrogens with one attached hydrogen (secondary N) is 1. The van der Waals surface area contributed by atoms with E-state index in [4.69, 9.17) is 9.47 Å². The summed E-state index contributed by atoms with van der Waals surface area (Å²) in [5, 5.41) is 12.5. The van der Waals surface area contributed by atoms with Gasteiger partial charge in [0.15, 0.2) is 0 Å². The smallest absolute Gasteiger partial charge is 0.326 e. The van der Waals surface area contributed by atoms with Crippen LogP contribution in [0.5, 0.6) is 17.2 Å².